The molecule has 356 valence electrons. The maximum absolute atomic E-state index is 12.3. The van der Waals surface area contributed by atoms with E-state index >= 15 is 0 Å². The van der Waals surface area contributed by atoms with Gasteiger partial charge in [-0.15, -0.1) is 33.7 Å². The van der Waals surface area contributed by atoms with E-state index in [1.807, 2.05) is 0 Å². The third-order valence-electron chi connectivity index (χ3n) is 7.93. The normalized spacial score (nSPS) is 17.8. The Kier molecular flexibility index (Phi) is 25.9. The second kappa shape index (κ2) is 27.7. The number of esters is 4. The zero-order valence-corrected chi connectivity index (χ0v) is 46.1. The molecule has 0 aliphatic carbocycles. The van der Waals surface area contributed by atoms with E-state index in [9.17, 15) is 64.3 Å². The van der Waals surface area contributed by atoms with Gasteiger partial charge >= 0.3 is 133 Å². The van der Waals surface area contributed by atoms with Gasteiger partial charge in [-0.25, -0.2) is 39.6 Å². The summed E-state index contributed by atoms with van der Waals surface area (Å²) in [5.41, 5.74) is -0.451. The molecule has 0 bridgehead atoms. The van der Waals surface area contributed by atoms with Crippen LogP contribution < -0.4 is 113 Å². The molecule has 66 heavy (non-hydrogen) atoms. The fourth-order valence-electron chi connectivity index (χ4n) is 5.20. The van der Waals surface area contributed by atoms with Crippen LogP contribution in [0.3, 0.4) is 0 Å². The number of aromatic nitrogens is 6. The zero-order valence-electron chi connectivity index (χ0n) is 36.6. The Morgan fingerprint density at radius 1 is 0.697 bits per heavy atom. The van der Waals surface area contributed by atoms with E-state index < -0.39 is 105 Å². The molecule has 4 rings (SSSR count). The maximum Gasteiger partial charge on any atom is 1.00 e. The Bertz CT molecular complexity index is 2290. The summed E-state index contributed by atoms with van der Waals surface area (Å²) in [5, 5.41) is 19.5. The molecule has 0 unspecified atom stereocenters. The van der Waals surface area contributed by atoms with E-state index in [0.717, 1.165) is 32.9 Å². The second-order valence-electron chi connectivity index (χ2n) is 13.9. The SMILES string of the molecule is COC(=O)CSC[C@H]1[C@H](n2cc(COC(=O)CNC(=O)OC(C)(C)C)nn2)C(=O)N1S(=O)(=O)[O-].COC(=O)CSC[C@H]1[C@H](n2cc(COC(=O)CNC(C)=O)nn2)C(=O)N1S(=O)(=O)[O-].[K+].[K+]. The van der Waals surface area contributed by atoms with Gasteiger partial charge in [0, 0.05) is 18.4 Å². The number of hydrogen-bond donors (Lipinski definition) is 2. The Hall–Kier alpha value is -2.37. The first-order valence-corrected chi connectivity index (χ1v) is 23.0. The minimum atomic E-state index is -5.07. The molecule has 0 radical (unpaired) electrons. The Balaban J connectivity index is 0.000000645. The number of rotatable bonds is 20. The summed E-state index contributed by atoms with van der Waals surface area (Å²) in [7, 11) is -7.75. The van der Waals surface area contributed by atoms with Crippen molar-refractivity contribution in [3.8, 4) is 0 Å². The van der Waals surface area contributed by atoms with Crippen LogP contribution in [-0.2, 0) is 91.1 Å². The van der Waals surface area contributed by atoms with Crippen molar-refractivity contribution in [3.63, 3.8) is 0 Å². The molecule has 0 saturated carbocycles. The molecule has 2 aliphatic rings. The van der Waals surface area contributed by atoms with Crippen molar-refractivity contribution in [1.82, 2.24) is 49.2 Å². The number of carbonyl (C=O) groups excluding carboxylic acids is 8. The number of carbonyl (C=O) groups is 8. The first-order chi connectivity index (χ1) is 29.8. The van der Waals surface area contributed by atoms with Crippen LogP contribution >= 0.6 is 23.5 Å². The molecule has 2 saturated heterocycles. The Morgan fingerprint density at radius 2 is 1.08 bits per heavy atom. The largest absolute Gasteiger partial charge is 1.00 e. The molecule has 2 aliphatic heterocycles. The fourth-order valence-corrected chi connectivity index (χ4v) is 9.04. The molecule has 4 atom stereocenters. The average molecular weight is 1070 g/mol. The third kappa shape index (κ3) is 19.2. The van der Waals surface area contributed by atoms with Crippen molar-refractivity contribution in [2.75, 3.05) is 50.3 Å². The smallest absolute Gasteiger partial charge is 0.731 e. The van der Waals surface area contributed by atoms with E-state index in [-0.39, 0.29) is 166 Å². The van der Waals surface area contributed by atoms with Crippen LogP contribution in [0.1, 0.15) is 51.2 Å². The average Bonchev–Trinajstić information content (AvgIpc) is 3.84. The van der Waals surface area contributed by atoms with Gasteiger partial charge in [-0.3, -0.25) is 33.6 Å². The fraction of sp³-hybridized carbons (Fsp3) is 0.613. The van der Waals surface area contributed by atoms with Crippen LogP contribution in [0, 0.1) is 0 Å². The molecule has 2 fully saturated rings. The van der Waals surface area contributed by atoms with Crippen LogP contribution in [0.15, 0.2) is 12.4 Å². The van der Waals surface area contributed by atoms with E-state index in [1.165, 1.54) is 33.5 Å². The summed E-state index contributed by atoms with van der Waals surface area (Å²) >= 11 is 1.96. The van der Waals surface area contributed by atoms with Crippen molar-refractivity contribution in [1.29, 1.82) is 0 Å². The van der Waals surface area contributed by atoms with Gasteiger partial charge in [0.2, 0.25) is 5.91 Å². The van der Waals surface area contributed by atoms with E-state index in [0.29, 0.717) is 0 Å². The summed E-state index contributed by atoms with van der Waals surface area (Å²) in [6.45, 7) is 4.78. The first-order valence-electron chi connectivity index (χ1n) is 18.0. The van der Waals surface area contributed by atoms with Crippen molar-refractivity contribution in [3.05, 3.63) is 23.8 Å². The van der Waals surface area contributed by atoms with Crippen LogP contribution in [0.5, 0.6) is 0 Å². The summed E-state index contributed by atoms with van der Waals surface area (Å²) in [6.07, 6.45) is 1.72. The van der Waals surface area contributed by atoms with Crippen molar-refractivity contribution >= 4 is 91.8 Å². The van der Waals surface area contributed by atoms with Crippen molar-refractivity contribution in [2.24, 2.45) is 0 Å². The molecule has 2 aromatic rings. The third-order valence-corrected chi connectivity index (χ3v) is 11.8. The first kappa shape index (κ1) is 61.6. The van der Waals surface area contributed by atoms with Gasteiger partial charge in [-0.1, -0.05) is 10.4 Å². The molecule has 0 aromatic carbocycles. The van der Waals surface area contributed by atoms with Crippen LogP contribution in [0.4, 0.5) is 4.79 Å². The number of alkyl carbamates (subject to hydrolysis) is 1. The minimum absolute atomic E-state index is 0. The number of nitrogens with zero attached hydrogens (tertiary/aromatic N) is 8. The van der Waals surface area contributed by atoms with Gasteiger partial charge in [0.25, 0.3) is 11.8 Å². The summed E-state index contributed by atoms with van der Waals surface area (Å²) < 4.78 is 94.7. The predicted octanol–water partition coefficient (Wildman–Crippen LogP) is -9.45. The minimum Gasteiger partial charge on any atom is -0.731 e. The van der Waals surface area contributed by atoms with Gasteiger partial charge in [-0.2, -0.15) is 0 Å². The molecule has 29 nitrogen and oxygen atoms in total. The number of hydrogen-bond acceptors (Lipinski definition) is 25. The summed E-state index contributed by atoms with van der Waals surface area (Å²) in [6, 6.07) is -4.46. The quantitative estimate of drug-likeness (QED) is 0.0409. The molecule has 35 heteroatoms. The number of amides is 4. The van der Waals surface area contributed by atoms with Gasteiger partial charge in [0.15, 0.2) is 32.7 Å². The van der Waals surface area contributed by atoms with Gasteiger partial charge in [0.05, 0.1) is 50.2 Å². The number of ether oxygens (including phenoxy) is 5. The van der Waals surface area contributed by atoms with Gasteiger partial charge in [0.1, 0.15) is 43.3 Å². The van der Waals surface area contributed by atoms with E-state index in [2.05, 4.69) is 40.7 Å². The summed E-state index contributed by atoms with van der Waals surface area (Å²) in [5.74, 6) is -5.36. The number of methoxy groups -OCH3 is 2. The number of β-lactam (4-membered cyclic amide) rings is 2. The molecule has 2 N–H and O–H groups in total. The second-order valence-corrected chi connectivity index (χ2v) is 18.4. The Morgan fingerprint density at radius 3 is 1.41 bits per heavy atom. The standard InChI is InChI=1S/C17H25N5O10S2.C14H19N5O9S2.2K/c1-17(2,3)32-16(26)18-5-12(23)31-7-10-6-21(20-19-10)14-11(8-33-9-13(24)30-4)22(15(14)25)34(27,28)29;1-8(20)15-3-11(21)28-5-9-4-18(17-16-9)13-10(6-29-7-12(22)27-2)19(14(13)23)30(24,25)26;;/h6,11,14H,5,7-9H2,1-4H3,(H,18,26)(H,27,28,29);4,10,13H,3,5-7H2,1-2H3,(H,15,20)(H,24,25,26);;/q;;2*+1/p-2/t11-,14-;10-,13-;;/m00../s1. The predicted molar refractivity (Wildman–Crippen MR) is 210 cm³/mol. The van der Waals surface area contributed by atoms with Crippen molar-refractivity contribution < 1.29 is 191 Å². The Labute approximate surface area is 470 Å². The molecular weight excluding hydrogens is 1020 g/mol. The van der Waals surface area contributed by atoms with Crippen LogP contribution in [0.2, 0.25) is 0 Å². The van der Waals surface area contributed by atoms with E-state index in [1.54, 1.807) is 20.8 Å². The number of thioether (sulfide) groups is 2. The maximum atomic E-state index is 12.3. The topological polar surface area (TPSA) is 389 Å². The molecule has 2 aromatic heterocycles. The molecule has 4 heterocycles. The van der Waals surface area contributed by atoms with Crippen molar-refractivity contribution in [2.45, 2.75) is 70.7 Å². The van der Waals surface area contributed by atoms with Gasteiger partial charge < -0.3 is 43.4 Å². The van der Waals surface area contributed by atoms with E-state index in [4.69, 9.17) is 14.2 Å². The van der Waals surface area contributed by atoms with Gasteiger partial charge in [-0.05, 0) is 20.8 Å². The number of nitrogens with one attached hydrogen (secondary N) is 2. The molecule has 0 spiro atoms. The molecular formula is C31H42K2N10O19S4. The molecule has 4 amide bonds. The van der Waals surface area contributed by atoms with Crippen LogP contribution in [-0.4, -0.2) is 180 Å². The zero-order chi connectivity index (χ0) is 48.2. The monoisotopic (exact) mass is 1060 g/mol. The summed E-state index contributed by atoms with van der Waals surface area (Å²) in [4.78, 5) is 92.6. The van der Waals surface area contributed by atoms with Crippen LogP contribution in [0.25, 0.3) is 0 Å².